The van der Waals surface area contributed by atoms with Gasteiger partial charge in [0.1, 0.15) is 0 Å². The van der Waals surface area contributed by atoms with Gasteiger partial charge in [-0.3, -0.25) is 0 Å². The number of nitrogens with two attached hydrogens (primary N) is 1. The van der Waals surface area contributed by atoms with E-state index in [-0.39, 0.29) is 11.6 Å². The van der Waals surface area contributed by atoms with Crippen molar-refractivity contribution in [1.82, 2.24) is 10.2 Å². The molecule has 0 spiro atoms. The van der Waals surface area contributed by atoms with Gasteiger partial charge in [0.05, 0.1) is 5.54 Å². The van der Waals surface area contributed by atoms with Gasteiger partial charge >= 0.3 is 6.03 Å². The lowest BCUT2D eigenvalue weighted by Gasteiger charge is -2.37. The van der Waals surface area contributed by atoms with Crippen molar-refractivity contribution >= 4 is 6.03 Å². The second kappa shape index (κ2) is 4.17. The van der Waals surface area contributed by atoms with Gasteiger partial charge in [-0.05, 0) is 26.2 Å². The molecule has 1 fully saturated rings. The van der Waals surface area contributed by atoms with Crippen molar-refractivity contribution in [1.29, 1.82) is 0 Å². The van der Waals surface area contributed by atoms with Crippen molar-refractivity contribution < 1.29 is 4.79 Å². The highest BCUT2D eigenvalue weighted by Crippen LogP contribution is 2.21. The number of nitrogens with one attached hydrogen (secondary N) is 1. The van der Waals surface area contributed by atoms with Crippen LogP contribution in [0.5, 0.6) is 0 Å². The van der Waals surface area contributed by atoms with Crippen molar-refractivity contribution in [2.45, 2.75) is 44.7 Å². The Labute approximate surface area is 85.8 Å². The molecule has 1 rings (SSSR count). The molecule has 14 heavy (non-hydrogen) atoms. The largest absolute Gasteiger partial charge is 0.335 e. The molecule has 82 valence electrons. The molecule has 0 aliphatic heterocycles. The number of carbonyl (C=O) groups is 1. The van der Waals surface area contributed by atoms with E-state index in [4.69, 9.17) is 5.73 Å². The molecule has 0 saturated heterocycles. The first-order valence-electron chi connectivity index (χ1n) is 5.28. The first-order valence-corrected chi connectivity index (χ1v) is 5.28. The van der Waals surface area contributed by atoms with E-state index in [2.05, 4.69) is 5.32 Å². The van der Waals surface area contributed by atoms with Gasteiger partial charge in [0, 0.05) is 19.6 Å². The van der Waals surface area contributed by atoms with Gasteiger partial charge in [0.2, 0.25) is 0 Å². The third-order valence-corrected chi connectivity index (χ3v) is 3.22. The molecule has 1 aliphatic carbocycles. The summed E-state index contributed by atoms with van der Waals surface area (Å²) in [4.78, 5) is 13.4. The van der Waals surface area contributed by atoms with Crippen LogP contribution in [-0.2, 0) is 0 Å². The van der Waals surface area contributed by atoms with Gasteiger partial charge < -0.3 is 16.0 Å². The molecule has 0 heterocycles. The maximum absolute atomic E-state index is 11.7. The summed E-state index contributed by atoms with van der Waals surface area (Å²) < 4.78 is 0. The molecule has 0 bridgehead atoms. The molecule has 4 heteroatoms. The zero-order valence-electron chi connectivity index (χ0n) is 9.34. The van der Waals surface area contributed by atoms with E-state index < -0.39 is 0 Å². The van der Waals surface area contributed by atoms with Crippen molar-refractivity contribution in [3.05, 3.63) is 0 Å². The Hall–Kier alpha value is -0.770. The molecule has 4 nitrogen and oxygen atoms in total. The van der Waals surface area contributed by atoms with Crippen LogP contribution in [0, 0.1) is 0 Å². The van der Waals surface area contributed by atoms with Crippen LogP contribution in [-0.4, -0.2) is 36.1 Å². The summed E-state index contributed by atoms with van der Waals surface area (Å²) in [7, 11) is 1.81. The van der Waals surface area contributed by atoms with Gasteiger partial charge in [-0.2, -0.15) is 0 Å². The predicted molar refractivity (Wildman–Crippen MR) is 57.1 cm³/mol. The van der Waals surface area contributed by atoms with Crippen molar-refractivity contribution in [3.8, 4) is 0 Å². The van der Waals surface area contributed by atoms with Crippen molar-refractivity contribution in [3.63, 3.8) is 0 Å². The molecule has 3 N–H and O–H groups in total. The van der Waals surface area contributed by atoms with Crippen LogP contribution in [0.1, 0.15) is 33.1 Å². The van der Waals surface area contributed by atoms with E-state index in [9.17, 15) is 4.79 Å². The highest BCUT2D eigenvalue weighted by molar-refractivity contribution is 5.75. The topological polar surface area (TPSA) is 58.4 Å². The number of urea groups is 1. The van der Waals surface area contributed by atoms with Crippen LogP contribution < -0.4 is 11.1 Å². The molecule has 0 aromatic heterocycles. The first-order chi connectivity index (χ1) is 6.53. The monoisotopic (exact) mass is 199 g/mol. The summed E-state index contributed by atoms with van der Waals surface area (Å²) in [5.41, 5.74) is 5.46. The normalized spacial score (nSPS) is 20.0. The zero-order valence-corrected chi connectivity index (χ0v) is 9.34. The fourth-order valence-corrected chi connectivity index (χ4v) is 1.26. The third-order valence-electron chi connectivity index (χ3n) is 3.22. The Bertz CT molecular complexity index is 209. The molecule has 0 radical (unpaired) electrons. The van der Waals surface area contributed by atoms with Crippen LogP contribution >= 0.6 is 0 Å². The fourth-order valence-electron chi connectivity index (χ4n) is 1.26. The van der Waals surface area contributed by atoms with E-state index in [1.54, 1.807) is 4.90 Å². The highest BCUT2D eigenvalue weighted by atomic mass is 16.2. The summed E-state index contributed by atoms with van der Waals surface area (Å²) in [6.45, 7) is 4.56. The van der Waals surface area contributed by atoms with E-state index >= 15 is 0 Å². The lowest BCUT2D eigenvalue weighted by atomic mass is 9.98. The molecule has 0 aromatic rings. The minimum Gasteiger partial charge on any atom is -0.335 e. The Morgan fingerprint density at radius 1 is 1.64 bits per heavy atom. The molecular weight excluding hydrogens is 178 g/mol. The maximum atomic E-state index is 11.7. The summed E-state index contributed by atoms with van der Waals surface area (Å²) >= 11 is 0. The van der Waals surface area contributed by atoms with Crippen molar-refractivity contribution in [2.24, 2.45) is 5.73 Å². The van der Waals surface area contributed by atoms with Crippen LogP contribution in [0.2, 0.25) is 0 Å². The van der Waals surface area contributed by atoms with E-state index in [0.29, 0.717) is 12.6 Å². The Morgan fingerprint density at radius 2 is 2.21 bits per heavy atom. The van der Waals surface area contributed by atoms with Gasteiger partial charge in [-0.1, -0.05) is 6.92 Å². The molecule has 1 atom stereocenters. The van der Waals surface area contributed by atoms with Crippen LogP contribution in [0.25, 0.3) is 0 Å². The summed E-state index contributed by atoms with van der Waals surface area (Å²) in [5, 5.41) is 2.96. The minimum absolute atomic E-state index is 0.00213. The van der Waals surface area contributed by atoms with E-state index in [1.807, 2.05) is 20.9 Å². The van der Waals surface area contributed by atoms with Gasteiger partial charge in [-0.25, -0.2) is 4.79 Å². The highest BCUT2D eigenvalue weighted by Gasteiger charge is 2.32. The van der Waals surface area contributed by atoms with Gasteiger partial charge in [-0.15, -0.1) is 0 Å². The lowest BCUT2D eigenvalue weighted by Crippen LogP contribution is -2.55. The summed E-state index contributed by atoms with van der Waals surface area (Å²) in [5.74, 6) is 0. The summed E-state index contributed by atoms with van der Waals surface area (Å²) in [6.07, 6.45) is 3.11. The maximum Gasteiger partial charge on any atom is 0.317 e. The predicted octanol–water partition coefficient (Wildman–Crippen LogP) is 0.918. The number of likely N-dealkylation sites (N-methyl/N-ethyl adjacent to an activating group) is 1. The zero-order chi connectivity index (χ0) is 10.8. The van der Waals surface area contributed by atoms with Crippen LogP contribution in [0.15, 0.2) is 0 Å². The number of amides is 2. The molecule has 1 saturated carbocycles. The molecule has 1 unspecified atom stereocenters. The molecule has 0 aromatic carbocycles. The number of rotatable bonds is 4. The lowest BCUT2D eigenvalue weighted by molar-refractivity contribution is 0.146. The number of hydrogen-bond donors (Lipinski definition) is 2. The Morgan fingerprint density at radius 3 is 2.57 bits per heavy atom. The molecular formula is C10H21N3O. The molecule has 1 aliphatic rings. The van der Waals surface area contributed by atoms with Gasteiger partial charge in [0.15, 0.2) is 0 Å². The first kappa shape index (κ1) is 11.3. The quantitative estimate of drug-likeness (QED) is 0.707. The number of hydrogen-bond acceptors (Lipinski definition) is 2. The van der Waals surface area contributed by atoms with Crippen LogP contribution in [0.4, 0.5) is 4.79 Å². The van der Waals surface area contributed by atoms with E-state index in [1.165, 1.54) is 0 Å². The summed E-state index contributed by atoms with van der Waals surface area (Å²) in [6, 6.07) is 0.408. The average Bonchev–Trinajstić information content (AvgIpc) is 2.99. The van der Waals surface area contributed by atoms with Crippen LogP contribution in [0.3, 0.4) is 0 Å². The Balaban J connectivity index is 2.51. The Kier molecular flexibility index (Phi) is 3.37. The average molecular weight is 199 g/mol. The smallest absolute Gasteiger partial charge is 0.317 e. The second-order valence-corrected chi connectivity index (χ2v) is 4.34. The third kappa shape index (κ3) is 2.38. The fraction of sp³-hybridized carbons (Fsp3) is 0.900. The van der Waals surface area contributed by atoms with Crippen molar-refractivity contribution in [2.75, 3.05) is 13.6 Å². The number of nitrogens with zero attached hydrogens (tertiary/aromatic N) is 1. The van der Waals surface area contributed by atoms with E-state index in [0.717, 1.165) is 19.3 Å². The van der Waals surface area contributed by atoms with Gasteiger partial charge in [0.25, 0.3) is 0 Å². The standard InChI is InChI=1S/C10H21N3O/c1-4-10(2,7-11)13(3)9(14)12-8-5-6-8/h8H,4-7,11H2,1-3H3,(H,12,14). The molecule has 2 amide bonds. The number of carbonyl (C=O) groups excluding carboxylic acids is 1. The second-order valence-electron chi connectivity index (χ2n) is 4.34. The SMILES string of the molecule is CCC(C)(CN)N(C)C(=O)NC1CC1. The minimum atomic E-state index is -0.223.